The molecule has 2 rings (SSSR count). The highest BCUT2D eigenvalue weighted by Crippen LogP contribution is 2.22. The second-order valence-corrected chi connectivity index (χ2v) is 4.56. The molecule has 0 radical (unpaired) electrons. The minimum atomic E-state index is 0.999. The maximum absolute atomic E-state index is 4.14. The van der Waals surface area contributed by atoms with Crippen molar-refractivity contribution in [1.82, 2.24) is 0 Å². The van der Waals surface area contributed by atoms with E-state index >= 15 is 0 Å². The van der Waals surface area contributed by atoms with Crippen molar-refractivity contribution in [2.45, 2.75) is 20.8 Å². The van der Waals surface area contributed by atoms with Gasteiger partial charge < -0.3 is 0 Å². The maximum atomic E-state index is 4.14. The van der Waals surface area contributed by atoms with Crippen molar-refractivity contribution in [3.8, 4) is 0 Å². The fraction of sp³-hybridized carbons (Fsp3) is 0.143. The lowest BCUT2D eigenvalue weighted by molar-refractivity contribution is 1.46. The van der Waals surface area contributed by atoms with Crippen molar-refractivity contribution in [2.75, 3.05) is 0 Å². The lowest BCUT2D eigenvalue weighted by atomic mass is 9.99. The SMILES string of the molecule is C=C/C(=C\C(=C)c1ccc(C)cc1)c1ccccc1.CC. The van der Waals surface area contributed by atoms with Crippen LogP contribution in [0.5, 0.6) is 0 Å². The van der Waals surface area contributed by atoms with Crippen molar-refractivity contribution in [3.05, 3.63) is 96.6 Å². The van der Waals surface area contributed by atoms with Crippen LogP contribution in [0.3, 0.4) is 0 Å². The average molecular weight is 276 g/mol. The summed E-state index contributed by atoms with van der Waals surface area (Å²) in [5, 5.41) is 0. The minimum Gasteiger partial charge on any atom is -0.0984 e. The third-order valence-corrected chi connectivity index (χ3v) is 3.08. The van der Waals surface area contributed by atoms with Gasteiger partial charge in [-0.25, -0.2) is 0 Å². The van der Waals surface area contributed by atoms with Crippen molar-refractivity contribution in [3.63, 3.8) is 0 Å². The van der Waals surface area contributed by atoms with Crippen LogP contribution in [0.15, 0.2) is 79.9 Å². The lowest BCUT2D eigenvalue weighted by Gasteiger charge is -2.06. The topological polar surface area (TPSA) is 0 Å². The molecule has 0 atom stereocenters. The molecule has 0 unspecified atom stereocenters. The molecule has 0 aromatic heterocycles. The fourth-order valence-corrected chi connectivity index (χ4v) is 1.93. The maximum Gasteiger partial charge on any atom is -0.0184 e. The van der Waals surface area contributed by atoms with Crippen LogP contribution < -0.4 is 0 Å². The Labute approximate surface area is 129 Å². The molecule has 0 N–H and O–H groups in total. The molecule has 21 heavy (non-hydrogen) atoms. The predicted molar refractivity (Wildman–Crippen MR) is 96.2 cm³/mol. The van der Waals surface area contributed by atoms with Gasteiger partial charge in [0.15, 0.2) is 0 Å². The Bertz CT molecular complexity index is 598. The van der Waals surface area contributed by atoms with E-state index in [9.17, 15) is 0 Å². The Morgan fingerprint density at radius 1 is 0.857 bits per heavy atom. The van der Waals surface area contributed by atoms with Gasteiger partial charge in [0.25, 0.3) is 0 Å². The van der Waals surface area contributed by atoms with Crippen LogP contribution in [0, 0.1) is 6.92 Å². The van der Waals surface area contributed by atoms with E-state index in [1.165, 1.54) is 5.56 Å². The first kappa shape index (κ1) is 16.7. The lowest BCUT2D eigenvalue weighted by Crippen LogP contribution is -1.84. The zero-order chi connectivity index (χ0) is 15.7. The van der Waals surface area contributed by atoms with E-state index in [-0.39, 0.29) is 0 Å². The summed E-state index contributed by atoms with van der Waals surface area (Å²) < 4.78 is 0. The minimum absolute atomic E-state index is 0.999. The first-order valence-corrected chi connectivity index (χ1v) is 7.36. The number of allylic oxidation sites excluding steroid dienone is 4. The molecule has 2 aromatic rings. The highest BCUT2D eigenvalue weighted by atomic mass is 14.0. The van der Waals surface area contributed by atoms with Gasteiger partial charge in [-0.1, -0.05) is 93.2 Å². The van der Waals surface area contributed by atoms with Crippen LogP contribution in [-0.2, 0) is 0 Å². The van der Waals surface area contributed by atoms with Crippen molar-refractivity contribution in [1.29, 1.82) is 0 Å². The Kier molecular flexibility index (Phi) is 6.97. The number of aryl methyl sites for hydroxylation is 1. The third-order valence-electron chi connectivity index (χ3n) is 3.08. The second kappa shape index (κ2) is 8.76. The molecule has 0 saturated heterocycles. The van der Waals surface area contributed by atoms with Crippen LogP contribution >= 0.6 is 0 Å². The Morgan fingerprint density at radius 2 is 1.43 bits per heavy atom. The molecule has 0 spiro atoms. The smallest absolute Gasteiger partial charge is 0.0184 e. The van der Waals surface area contributed by atoms with Crippen LogP contribution in [0.4, 0.5) is 0 Å². The molecule has 0 saturated carbocycles. The molecular weight excluding hydrogens is 252 g/mol. The number of rotatable bonds is 4. The number of benzene rings is 2. The number of hydrogen-bond donors (Lipinski definition) is 0. The van der Waals surface area contributed by atoms with Gasteiger partial charge in [0.05, 0.1) is 0 Å². The summed E-state index contributed by atoms with van der Waals surface area (Å²) in [4.78, 5) is 0. The molecule has 0 aliphatic heterocycles. The van der Waals surface area contributed by atoms with Crippen molar-refractivity contribution >= 4 is 11.1 Å². The monoisotopic (exact) mass is 276 g/mol. The molecule has 0 aliphatic carbocycles. The van der Waals surface area contributed by atoms with Crippen LogP contribution in [0.25, 0.3) is 11.1 Å². The normalized spacial score (nSPS) is 10.3. The van der Waals surface area contributed by atoms with Gasteiger partial charge in [-0.2, -0.15) is 0 Å². The van der Waals surface area contributed by atoms with Gasteiger partial charge in [0.2, 0.25) is 0 Å². The zero-order valence-corrected chi connectivity index (χ0v) is 13.3. The Balaban J connectivity index is 0.00000106. The van der Waals surface area contributed by atoms with Gasteiger partial charge in [0, 0.05) is 0 Å². The molecule has 0 heterocycles. The van der Waals surface area contributed by atoms with Gasteiger partial charge in [-0.05, 0) is 35.3 Å². The highest BCUT2D eigenvalue weighted by molar-refractivity contribution is 5.86. The molecule has 108 valence electrons. The largest absolute Gasteiger partial charge is 0.0984 e. The first-order chi connectivity index (χ1) is 10.2. The summed E-state index contributed by atoms with van der Waals surface area (Å²) in [5.74, 6) is 0. The molecule has 0 amide bonds. The second-order valence-electron chi connectivity index (χ2n) is 4.56. The molecule has 0 heteroatoms. The standard InChI is InChI=1S/C19H18.C2H6/c1-4-17(19-8-6-5-7-9-19)14-16(3)18-12-10-15(2)11-13-18;1-2/h4-14H,1,3H2,2H3;1-2H3/b17-14+;. The molecular formula is C21H24. The van der Waals surface area contributed by atoms with Gasteiger partial charge >= 0.3 is 0 Å². The van der Waals surface area contributed by atoms with Crippen LogP contribution in [0.1, 0.15) is 30.5 Å². The molecule has 0 aliphatic rings. The van der Waals surface area contributed by atoms with Gasteiger partial charge in [0.1, 0.15) is 0 Å². The zero-order valence-electron chi connectivity index (χ0n) is 13.3. The summed E-state index contributed by atoms with van der Waals surface area (Å²) in [6.45, 7) is 14.1. The van der Waals surface area contributed by atoms with E-state index in [0.29, 0.717) is 0 Å². The average Bonchev–Trinajstić information content (AvgIpc) is 2.55. The Morgan fingerprint density at radius 3 is 1.95 bits per heavy atom. The van der Waals surface area contributed by atoms with Gasteiger partial charge in [-0.3, -0.25) is 0 Å². The van der Waals surface area contributed by atoms with E-state index < -0.39 is 0 Å². The van der Waals surface area contributed by atoms with Crippen molar-refractivity contribution in [2.24, 2.45) is 0 Å². The first-order valence-electron chi connectivity index (χ1n) is 7.36. The fourth-order valence-electron chi connectivity index (χ4n) is 1.93. The third kappa shape index (κ3) is 4.92. The van der Waals surface area contributed by atoms with Crippen molar-refractivity contribution < 1.29 is 0 Å². The summed E-state index contributed by atoms with van der Waals surface area (Å²) in [7, 11) is 0. The van der Waals surface area contributed by atoms with Crippen LogP contribution in [-0.4, -0.2) is 0 Å². The molecule has 0 bridgehead atoms. The Hall–Kier alpha value is -2.34. The van der Waals surface area contributed by atoms with Gasteiger partial charge in [-0.15, -0.1) is 0 Å². The molecule has 0 fully saturated rings. The quantitative estimate of drug-likeness (QED) is 0.574. The highest BCUT2D eigenvalue weighted by Gasteiger charge is 2.00. The summed E-state index contributed by atoms with van der Waals surface area (Å²) >= 11 is 0. The van der Waals surface area contributed by atoms with E-state index in [2.05, 4.69) is 62.6 Å². The van der Waals surface area contributed by atoms with E-state index in [1.54, 1.807) is 0 Å². The predicted octanol–water partition coefficient (Wildman–Crippen LogP) is 6.30. The molecule has 2 aromatic carbocycles. The summed E-state index contributed by atoms with van der Waals surface area (Å²) in [6.07, 6.45) is 3.95. The summed E-state index contributed by atoms with van der Waals surface area (Å²) in [5.41, 5.74) is 5.64. The van der Waals surface area contributed by atoms with Crippen LogP contribution in [0.2, 0.25) is 0 Å². The number of hydrogen-bond acceptors (Lipinski definition) is 0. The molecule has 0 nitrogen and oxygen atoms in total. The van der Waals surface area contributed by atoms with E-state index in [4.69, 9.17) is 0 Å². The van der Waals surface area contributed by atoms with E-state index in [1.807, 2.05) is 38.1 Å². The summed E-state index contributed by atoms with van der Waals surface area (Å²) in [6, 6.07) is 18.6. The van der Waals surface area contributed by atoms with E-state index in [0.717, 1.165) is 22.3 Å².